The predicted octanol–water partition coefficient (Wildman–Crippen LogP) is 3.48. The van der Waals surface area contributed by atoms with Crippen molar-refractivity contribution in [2.75, 3.05) is 5.32 Å². The molecule has 0 saturated carbocycles. The monoisotopic (exact) mass is 364 g/mol. The average Bonchev–Trinajstić information content (AvgIpc) is 2.05. The van der Waals surface area contributed by atoms with Crippen molar-refractivity contribution >= 4 is 47.5 Å². The first-order chi connectivity index (χ1) is 6.87. The molecule has 2 N–H and O–H groups in total. The van der Waals surface area contributed by atoms with Crippen LogP contribution in [0.5, 0.6) is 5.75 Å². The zero-order valence-electron chi connectivity index (χ0n) is 7.71. The van der Waals surface area contributed by atoms with Gasteiger partial charge in [0.2, 0.25) is 0 Å². The standard InChI is InChI=1S/C8H7F3N2OS.HI/c9-8(10,11)14-6-3-1-5(2-4-6)13-7(12)15;/h1-4H,(H3,12,13,15);1H. The summed E-state index contributed by atoms with van der Waals surface area (Å²) in [5, 5.41) is 9.38. The summed E-state index contributed by atoms with van der Waals surface area (Å²) < 4.78 is 39.0. The van der Waals surface area contributed by atoms with Gasteiger partial charge >= 0.3 is 6.36 Å². The Labute approximate surface area is 112 Å². The fourth-order valence-electron chi connectivity index (χ4n) is 0.877. The maximum Gasteiger partial charge on any atom is 0.573 e. The molecule has 0 unspecified atom stereocenters. The molecule has 0 saturated heterocycles. The van der Waals surface area contributed by atoms with Crippen molar-refractivity contribution in [2.45, 2.75) is 6.36 Å². The lowest BCUT2D eigenvalue weighted by Crippen LogP contribution is -2.17. The van der Waals surface area contributed by atoms with Gasteiger partial charge in [0.1, 0.15) is 5.75 Å². The summed E-state index contributed by atoms with van der Waals surface area (Å²) in [5.41, 5.74) is 0.463. The van der Waals surface area contributed by atoms with E-state index in [0.717, 1.165) is 12.1 Å². The summed E-state index contributed by atoms with van der Waals surface area (Å²) in [6, 6.07) is 5.00. The third-order valence-electron chi connectivity index (χ3n) is 1.35. The number of alkyl halides is 3. The molecule has 1 aromatic carbocycles. The third kappa shape index (κ3) is 6.05. The molecule has 0 aliphatic heterocycles. The van der Waals surface area contributed by atoms with E-state index in [1.54, 1.807) is 0 Å². The van der Waals surface area contributed by atoms with Crippen LogP contribution in [0.3, 0.4) is 0 Å². The highest BCUT2D eigenvalue weighted by atomic mass is 127. The topological polar surface area (TPSA) is 45.1 Å². The van der Waals surface area contributed by atoms with E-state index < -0.39 is 6.36 Å². The van der Waals surface area contributed by atoms with Crippen LogP contribution in [0.4, 0.5) is 18.9 Å². The molecule has 0 aliphatic rings. The van der Waals surface area contributed by atoms with Crippen LogP contribution in [-0.4, -0.2) is 11.5 Å². The molecule has 1 rings (SSSR count). The number of rotatable bonds is 2. The van der Waals surface area contributed by atoms with E-state index in [9.17, 15) is 13.2 Å². The Balaban J connectivity index is 0.00000225. The molecule has 0 atom stereocenters. The van der Waals surface area contributed by atoms with Gasteiger partial charge in [-0.25, -0.2) is 0 Å². The van der Waals surface area contributed by atoms with Gasteiger partial charge in [0.05, 0.1) is 0 Å². The number of thiol groups is 1. The van der Waals surface area contributed by atoms with Gasteiger partial charge in [-0.15, -0.1) is 49.8 Å². The number of ether oxygens (including phenoxy) is 1. The zero-order chi connectivity index (χ0) is 11.5. The fraction of sp³-hybridized carbons (Fsp3) is 0.125. The molecule has 0 radical (unpaired) electrons. The van der Waals surface area contributed by atoms with Gasteiger partial charge in [-0.1, -0.05) is 0 Å². The van der Waals surface area contributed by atoms with E-state index in [1.807, 2.05) is 0 Å². The number of amidine groups is 1. The second kappa shape index (κ2) is 6.18. The Kier molecular flexibility index (Phi) is 5.94. The summed E-state index contributed by atoms with van der Waals surface area (Å²) in [4.78, 5) is 0. The molecule has 90 valence electrons. The molecular weight excluding hydrogens is 356 g/mol. The van der Waals surface area contributed by atoms with Gasteiger partial charge in [-0.2, -0.15) is 0 Å². The predicted molar refractivity (Wildman–Crippen MR) is 68.9 cm³/mol. The summed E-state index contributed by atoms with van der Waals surface area (Å²) in [5.74, 6) is -0.307. The first-order valence-electron chi connectivity index (χ1n) is 3.77. The molecular formula is C8H8F3IN2OS. The number of anilines is 1. The van der Waals surface area contributed by atoms with Crippen LogP contribution in [0.15, 0.2) is 24.3 Å². The van der Waals surface area contributed by atoms with Crippen molar-refractivity contribution in [3.63, 3.8) is 0 Å². The molecule has 0 aromatic heterocycles. The van der Waals surface area contributed by atoms with Crippen LogP contribution < -0.4 is 10.1 Å². The molecule has 0 amide bonds. The Hall–Kier alpha value is -0.640. The SMILES string of the molecule is I.N=C(S)Nc1ccc(OC(F)(F)F)cc1. The maximum atomic E-state index is 11.8. The number of hydrogen-bond donors (Lipinski definition) is 3. The second-order valence-corrected chi connectivity index (χ2v) is 2.99. The van der Waals surface area contributed by atoms with E-state index in [0.29, 0.717) is 5.69 Å². The lowest BCUT2D eigenvalue weighted by atomic mass is 10.3. The summed E-state index contributed by atoms with van der Waals surface area (Å²) >= 11 is 3.67. The number of nitrogens with one attached hydrogen (secondary N) is 2. The molecule has 0 bridgehead atoms. The Morgan fingerprint density at radius 1 is 1.25 bits per heavy atom. The number of halogens is 4. The Morgan fingerprint density at radius 3 is 2.12 bits per heavy atom. The Morgan fingerprint density at radius 2 is 1.75 bits per heavy atom. The van der Waals surface area contributed by atoms with Crippen molar-refractivity contribution in [2.24, 2.45) is 0 Å². The van der Waals surface area contributed by atoms with Gasteiger partial charge < -0.3 is 10.1 Å². The van der Waals surface area contributed by atoms with Crippen LogP contribution in [0.1, 0.15) is 0 Å². The lowest BCUT2D eigenvalue weighted by Gasteiger charge is -2.09. The van der Waals surface area contributed by atoms with Crippen molar-refractivity contribution in [1.82, 2.24) is 0 Å². The number of benzene rings is 1. The largest absolute Gasteiger partial charge is 0.573 e. The molecule has 0 heterocycles. The highest BCUT2D eigenvalue weighted by Crippen LogP contribution is 2.23. The smallest absolute Gasteiger partial charge is 0.406 e. The maximum absolute atomic E-state index is 11.8. The number of hydrogen-bond acceptors (Lipinski definition) is 2. The molecule has 8 heteroatoms. The van der Waals surface area contributed by atoms with Crippen molar-refractivity contribution in [3.05, 3.63) is 24.3 Å². The van der Waals surface area contributed by atoms with Crippen molar-refractivity contribution in [3.8, 4) is 5.75 Å². The minimum atomic E-state index is -4.69. The quantitative estimate of drug-likeness (QED) is 0.326. The van der Waals surface area contributed by atoms with Gasteiger partial charge in [0, 0.05) is 5.69 Å². The minimum absolute atomic E-state index is 0. The van der Waals surface area contributed by atoms with Crippen molar-refractivity contribution in [1.29, 1.82) is 5.41 Å². The lowest BCUT2D eigenvalue weighted by molar-refractivity contribution is -0.274. The van der Waals surface area contributed by atoms with Crippen molar-refractivity contribution < 1.29 is 17.9 Å². The van der Waals surface area contributed by atoms with Crippen LogP contribution in [0.25, 0.3) is 0 Å². The van der Waals surface area contributed by atoms with E-state index >= 15 is 0 Å². The van der Waals surface area contributed by atoms with Gasteiger partial charge in [-0.3, -0.25) is 5.41 Å². The van der Waals surface area contributed by atoms with E-state index in [1.165, 1.54) is 12.1 Å². The highest BCUT2D eigenvalue weighted by molar-refractivity contribution is 14.0. The molecule has 0 fully saturated rings. The van der Waals surface area contributed by atoms with Crippen LogP contribution >= 0.6 is 36.6 Å². The Bertz CT molecular complexity index is 355. The molecule has 0 spiro atoms. The first kappa shape index (κ1) is 15.4. The van der Waals surface area contributed by atoms with Crippen LogP contribution in [0.2, 0.25) is 0 Å². The zero-order valence-corrected chi connectivity index (χ0v) is 10.9. The van der Waals surface area contributed by atoms with Crippen LogP contribution in [0, 0.1) is 5.41 Å². The van der Waals surface area contributed by atoms with E-state index in [4.69, 9.17) is 5.41 Å². The summed E-state index contributed by atoms with van der Waals surface area (Å²) in [7, 11) is 0. The molecule has 1 aromatic rings. The van der Waals surface area contributed by atoms with Gasteiger partial charge in [0.15, 0.2) is 5.17 Å². The third-order valence-corrected chi connectivity index (χ3v) is 1.46. The van der Waals surface area contributed by atoms with Gasteiger partial charge in [-0.05, 0) is 24.3 Å². The highest BCUT2D eigenvalue weighted by Gasteiger charge is 2.30. The molecule has 0 aliphatic carbocycles. The normalized spacial score (nSPS) is 10.2. The molecule has 16 heavy (non-hydrogen) atoms. The second-order valence-electron chi connectivity index (χ2n) is 2.55. The fourth-order valence-corrected chi connectivity index (χ4v) is 1.01. The van der Waals surface area contributed by atoms with Gasteiger partial charge in [0.25, 0.3) is 0 Å². The summed E-state index contributed by atoms with van der Waals surface area (Å²) in [6.45, 7) is 0. The van der Waals surface area contributed by atoms with Crippen LogP contribution in [-0.2, 0) is 0 Å². The minimum Gasteiger partial charge on any atom is -0.406 e. The summed E-state index contributed by atoms with van der Waals surface area (Å²) in [6.07, 6.45) is -4.69. The first-order valence-corrected chi connectivity index (χ1v) is 4.22. The van der Waals surface area contributed by atoms with E-state index in [-0.39, 0.29) is 34.9 Å². The molecule has 3 nitrogen and oxygen atoms in total. The average molecular weight is 364 g/mol. The van der Waals surface area contributed by atoms with E-state index in [2.05, 4.69) is 22.7 Å².